The predicted octanol–water partition coefficient (Wildman–Crippen LogP) is 8.97. The number of aliphatic imine (C=N–C) groups is 1. The maximum Gasteiger partial charge on any atom is 0.0886 e. The molecule has 0 aromatic heterocycles. The lowest BCUT2D eigenvalue weighted by molar-refractivity contribution is 0.734. The fourth-order valence-corrected chi connectivity index (χ4v) is 5.74. The summed E-state index contributed by atoms with van der Waals surface area (Å²) in [6.45, 7) is 6.77. The molecule has 5 aromatic rings. The van der Waals surface area contributed by atoms with Crippen LogP contribution in [0.2, 0.25) is 0 Å². The zero-order chi connectivity index (χ0) is 26.0. The lowest BCUT2D eigenvalue weighted by Gasteiger charge is -2.34. The molecule has 1 aliphatic carbocycles. The van der Waals surface area contributed by atoms with E-state index in [4.69, 9.17) is 4.99 Å². The van der Waals surface area contributed by atoms with Crippen molar-refractivity contribution >= 4 is 16.9 Å². The van der Waals surface area contributed by atoms with Gasteiger partial charge in [-0.05, 0) is 45.9 Å². The van der Waals surface area contributed by atoms with E-state index in [0.29, 0.717) is 0 Å². The van der Waals surface area contributed by atoms with E-state index in [9.17, 15) is 0 Å². The van der Waals surface area contributed by atoms with Gasteiger partial charge in [-0.1, -0.05) is 152 Å². The molecule has 0 fully saturated rings. The van der Waals surface area contributed by atoms with Crippen molar-refractivity contribution < 1.29 is 0 Å². The largest absolute Gasteiger partial charge is 0.255 e. The van der Waals surface area contributed by atoms with E-state index in [1.807, 2.05) is 12.1 Å². The Kier molecular flexibility index (Phi) is 6.19. The maximum absolute atomic E-state index is 5.53. The van der Waals surface area contributed by atoms with Crippen molar-refractivity contribution in [2.75, 3.05) is 0 Å². The quantitative estimate of drug-likeness (QED) is 0.212. The summed E-state index contributed by atoms with van der Waals surface area (Å²) in [5, 5.41) is 0. The van der Waals surface area contributed by atoms with Gasteiger partial charge in [-0.25, -0.2) is 0 Å². The van der Waals surface area contributed by atoms with Gasteiger partial charge in [-0.3, -0.25) is 4.99 Å². The Morgan fingerprint density at radius 1 is 0.553 bits per heavy atom. The summed E-state index contributed by atoms with van der Waals surface area (Å²) < 4.78 is 0. The van der Waals surface area contributed by atoms with Crippen molar-refractivity contribution in [2.45, 2.75) is 12.3 Å². The first-order valence-electron chi connectivity index (χ1n) is 13.0. The van der Waals surface area contributed by atoms with Crippen LogP contribution in [0.5, 0.6) is 0 Å². The first-order chi connectivity index (χ1) is 18.7. The predicted molar refractivity (Wildman–Crippen MR) is 160 cm³/mol. The van der Waals surface area contributed by atoms with Crippen molar-refractivity contribution in [1.29, 1.82) is 0 Å². The summed E-state index contributed by atoms with van der Waals surface area (Å²) in [6, 6.07) is 51.2. The molecule has 0 amide bonds. The molecule has 0 aliphatic heterocycles. The molecule has 1 aliphatic rings. The lowest BCUT2D eigenvalue weighted by Crippen LogP contribution is -2.29. The lowest BCUT2D eigenvalue weighted by atomic mass is 9.69. The van der Waals surface area contributed by atoms with E-state index in [0.717, 1.165) is 33.7 Å². The molecule has 5 aromatic carbocycles. The van der Waals surface area contributed by atoms with Crippen LogP contribution in [0.15, 0.2) is 163 Å². The van der Waals surface area contributed by atoms with E-state index in [1.54, 1.807) is 0 Å². The van der Waals surface area contributed by atoms with Crippen LogP contribution in [-0.2, 0) is 5.41 Å². The van der Waals surface area contributed by atoms with Crippen molar-refractivity contribution in [3.8, 4) is 0 Å². The van der Waals surface area contributed by atoms with E-state index in [1.165, 1.54) is 22.3 Å². The highest BCUT2D eigenvalue weighted by Crippen LogP contribution is 2.57. The van der Waals surface area contributed by atoms with Gasteiger partial charge in [0.15, 0.2) is 0 Å². The van der Waals surface area contributed by atoms with Crippen molar-refractivity contribution in [3.05, 3.63) is 191 Å². The summed E-state index contributed by atoms with van der Waals surface area (Å²) in [6.07, 6.45) is 0. The molecule has 0 saturated carbocycles. The third-order valence-electron chi connectivity index (χ3n) is 7.50. The average Bonchev–Trinajstić information content (AvgIpc) is 3.29. The number of hydrogen-bond donors (Lipinski definition) is 0. The molecule has 38 heavy (non-hydrogen) atoms. The molecule has 1 heteroatoms. The summed E-state index contributed by atoms with van der Waals surface area (Å²) >= 11 is 0. The van der Waals surface area contributed by atoms with Crippen LogP contribution in [0.3, 0.4) is 0 Å². The molecular weight excluding hydrogens is 458 g/mol. The third-order valence-corrected chi connectivity index (χ3v) is 7.50. The Bertz CT molecular complexity index is 1600. The minimum absolute atomic E-state index is 0.595. The molecule has 0 bridgehead atoms. The molecule has 6 rings (SSSR count). The molecule has 0 N–H and O–H groups in total. The molecule has 1 nitrogen and oxygen atoms in total. The minimum atomic E-state index is -0.595. The highest BCUT2D eigenvalue weighted by Gasteiger charge is 2.48. The number of rotatable bonds is 6. The Balaban J connectivity index is 1.76. The van der Waals surface area contributed by atoms with Gasteiger partial charge in [0.1, 0.15) is 0 Å². The monoisotopic (exact) mass is 487 g/mol. The molecule has 0 heterocycles. The zero-order valence-corrected chi connectivity index (χ0v) is 21.5. The van der Waals surface area contributed by atoms with Crippen molar-refractivity contribution in [2.24, 2.45) is 4.99 Å². The fraction of sp³-hybridized carbons (Fsp3) is 0.0541. The van der Waals surface area contributed by atoms with Gasteiger partial charge in [0.2, 0.25) is 0 Å². The topological polar surface area (TPSA) is 12.4 Å². The standard InChI is InChI=1S/C37H29N/c1-27(29-17-7-3-8-18-29)35-33-25-15-16-26-34(33)37(31-21-11-5-12-22-31,32-23-13-6-14-24-32)36(35)38-28(2)30-19-9-4-10-20-30/h3-26H,1H2,2H3. The van der Waals surface area contributed by atoms with Crippen LogP contribution in [-0.4, -0.2) is 5.71 Å². The summed E-state index contributed by atoms with van der Waals surface area (Å²) in [5.74, 6) is 0. The average molecular weight is 488 g/mol. The van der Waals surface area contributed by atoms with Gasteiger partial charge in [0, 0.05) is 11.3 Å². The van der Waals surface area contributed by atoms with Gasteiger partial charge in [0.05, 0.1) is 11.1 Å². The molecule has 0 saturated heterocycles. The molecule has 0 unspecified atom stereocenters. The van der Waals surface area contributed by atoms with Gasteiger partial charge in [-0.15, -0.1) is 0 Å². The number of hydrogen-bond acceptors (Lipinski definition) is 1. The molecule has 0 radical (unpaired) electrons. The van der Waals surface area contributed by atoms with E-state index >= 15 is 0 Å². The van der Waals surface area contributed by atoms with E-state index < -0.39 is 5.41 Å². The van der Waals surface area contributed by atoms with Crippen molar-refractivity contribution in [1.82, 2.24) is 0 Å². The zero-order valence-electron chi connectivity index (χ0n) is 21.5. The number of nitrogens with zero attached hydrogens (tertiary/aromatic N) is 1. The first-order valence-corrected chi connectivity index (χ1v) is 13.0. The van der Waals surface area contributed by atoms with E-state index in [2.05, 4.69) is 147 Å². The van der Waals surface area contributed by atoms with E-state index in [-0.39, 0.29) is 0 Å². The van der Waals surface area contributed by atoms with Crippen LogP contribution in [0.4, 0.5) is 0 Å². The van der Waals surface area contributed by atoms with Crippen LogP contribution < -0.4 is 0 Å². The second-order valence-electron chi connectivity index (χ2n) is 9.66. The third kappa shape index (κ3) is 3.84. The second-order valence-corrected chi connectivity index (χ2v) is 9.66. The van der Waals surface area contributed by atoms with Gasteiger partial charge < -0.3 is 0 Å². The fourth-order valence-electron chi connectivity index (χ4n) is 5.74. The summed E-state index contributed by atoms with van der Waals surface area (Å²) in [4.78, 5) is 5.53. The highest BCUT2D eigenvalue weighted by atomic mass is 14.8. The molecular formula is C37H29N. The second kappa shape index (κ2) is 9.95. The van der Waals surface area contributed by atoms with Crippen LogP contribution in [0.1, 0.15) is 40.3 Å². The van der Waals surface area contributed by atoms with Crippen LogP contribution in [0, 0.1) is 0 Å². The van der Waals surface area contributed by atoms with Gasteiger partial charge in [0.25, 0.3) is 0 Å². The Morgan fingerprint density at radius 3 is 1.55 bits per heavy atom. The van der Waals surface area contributed by atoms with Crippen molar-refractivity contribution in [3.63, 3.8) is 0 Å². The Labute approximate surface area is 225 Å². The first kappa shape index (κ1) is 23.6. The summed E-state index contributed by atoms with van der Waals surface area (Å²) in [5.41, 5.74) is 10.4. The molecule has 0 atom stereocenters. The maximum atomic E-state index is 5.53. The Morgan fingerprint density at radius 2 is 1.00 bits per heavy atom. The SMILES string of the molecule is C=C(C1=C(N=C(C)c2ccccc2)C(c2ccccc2)(c2ccccc2)c2ccccc21)c1ccccc1. The van der Waals surface area contributed by atoms with Crippen LogP contribution >= 0.6 is 0 Å². The number of benzene rings is 5. The smallest absolute Gasteiger partial charge is 0.0886 e. The summed E-state index contributed by atoms with van der Waals surface area (Å²) in [7, 11) is 0. The van der Waals surface area contributed by atoms with Gasteiger partial charge in [-0.2, -0.15) is 0 Å². The molecule has 182 valence electrons. The Hall–Kier alpha value is -4.75. The molecule has 0 spiro atoms. The normalized spacial score (nSPS) is 14.3. The number of allylic oxidation sites excluding steroid dienone is 3. The highest BCUT2D eigenvalue weighted by molar-refractivity contribution is 6.11. The number of fused-ring (bicyclic) bond motifs is 1. The minimum Gasteiger partial charge on any atom is -0.255 e. The van der Waals surface area contributed by atoms with Gasteiger partial charge >= 0.3 is 0 Å². The van der Waals surface area contributed by atoms with Crippen LogP contribution in [0.25, 0.3) is 11.1 Å².